The van der Waals surface area contributed by atoms with Gasteiger partial charge in [-0.3, -0.25) is 14.5 Å². The van der Waals surface area contributed by atoms with Gasteiger partial charge in [-0.1, -0.05) is 54.9 Å². The van der Waals surface area contributed by atoms with Crippen molar-refractivity contribution in [2.24, 2.45) is 0 Å². The number of carbonyl (C=O) groups excluding carboxylic acids is 2. The second kappa shape index (κ2) is 9.34. The van der Waals surface area contributed by atoms with E-state index in [2.05, 4.69) is 17.6 Å². The molecular formula is C25H20ClN3O2S. The third-order valence-electron chi connectivity index (χ3n) is 5.03. The molecule has 2 N–H and O–H groups in total. The highest BCUT2D eigenvalue weighted by Crippen LogP contribution is 2.24. The molecule has 2 amide bonds. The quantitative estimate of drug-likeness (QED) is 0.393. The number of nitrogens with zero attached hydrogens (tertiary/aromatic N) is 1. The van der Waals surface area contributed by atoms with Gasteiger partial charge in [-0.25, -0.2) is 0 Å². The fraction of sp³-hybridized carbons (Fsp3) is 0.0800. The van der Waals surface area contributed by atoms with Crippen LogP contribution in [0.15, 0.2) is 78.5 Å². The van der Waals surface area contributed by atoms with E-state index in [4.69, 9.17) is 23.8 Å². The Labute approximate surface area is 196 Å². The van der Waals surface area contributed by atoms with Crippen molar-refractivity contribution in [1.29, 1.82) is 0 Å². The lowest BCUT2D eigenvalue weighted by Gasteiger charge is -2.14. The summed E-state index contributed by atoms with van der Waals surface area (Å²) in [7, 11) is 0. The number of nitrogens with one attached hydrogen (secondary N) is 2. The molecule has 0 radical (unpaired) electrons. The predicted molar refractivity (Wildman–Crippen MR) is 133 cm³/mol. The maximum Gasteiger partial charge on any atom is 0.281 e. The van der Waals surface area contributed by atoms with Crippen LogP contribution >= 0.6 is 23.8 Å². The standard InChI is InChI=1S/C25H20ClN3O2S/c1-2-16-7-6-10-19(14-16)29-24(31)22(28-25(29)32)15-17-8-5-9-18(13-17)27-23(30)20-11-3-4-12-21(20)26/h3-15H,2H2,1H3,(H,27,30)(H,28,32)/b22-15+. The molecule has 7 heteroatoms. The van der Waals surface area contributed by atoms with Gasteiger partial charge in [0.1, 0.15) is 5.70 Å². The summed E-state index contributed by atoms with van der Waals surface area (Å²) in [5.41, 5.74) is 3.94. The first-order valence-corrected chi connectivity index (χ1v) is 10.9. The zero-order chi connectivity index (χ0) is 22.7. The zero-order valence-electron chi connectivity index (χ0n) is 17.3. The summed E-state index contributed by atoms with van der Waals surface area (Å²) in [5.74, 6) is -0.535. The minimum atomic E-state index is -0.307. The van der Waals surface area contributed by atoms with E-state index in [1.165, 1.54) is 4.90 Å². The van der Waals surface area contributed by atoms with E-state index in [9.17, 15) is 9.59 Å². The highest BCUT2D eigenvalue weighted by Gasteiger charge is 2.32. The highest BCUT2D eigenvalue weighted by molar-refractivity contribution is 7.80. The molecule has 1 aliphatic rings. The number of rotatable bonds is 5. The van der Waals surface area contributed by atoms with Crippen molar-refractivity contribution in [3.05, 3.63) is 100 Å². The highest BCUT2D eigenvalue weighted by atomic mass is 35.5. The molecule has 3 aromatic carbocycles. The summed E-state index contributed by atoms with van der Waals surface area (Å²) in [5, 5.41) is 6.54. The van der Waals surface area contributed by atoms with Gasteiger partial charge < -0.3 is 10.6 Å². The number of thiocarbonyl (C=S) groups is 1. The summed E-state index contributed by atoms with van der Waals surface area (Å²) < 4.78 is 0. The Balaban J connectivity index is 1.55. The molecule has 4 rings (SSSR count). The van der Waals surface area contributed by atoms with E-state index in [0.29, 0.717) is 27.1 Å². The van der Waals surface area contributed by atoms with Crippen LogP contribution in [0.5, 0.6) is 0 Å². The lowest BCUT2D eigenvalue weighted by atomic mass is 10.1. The van der Waals surface area contributed by atoms with Crippen LogP contribution < -0.4 is 15.5 Å². The fourth-order valence-corrected chi connectivity index (χ4v) is 3.92. The Bertz CT molecular complexity index is 1260. The number of anilines is 2. The van der Waals surface area contributed by atoms with Crippen LogP contribution in [0.4, 0.5) is 11.4 Å². The summed E-state index contributed by atoms with van der Waals surface area (Å²) >= 11 is 11.5. The minimum Gasteiger partial charge on any atom is -0.327 e. The van der Waals surface area contributed by atoms with Gasteiger partial charge >= 0.3 is 0 Å². The van der Waals surface area contributed by atoms with E-state index in [-0.39, 0.29) is 11.8 Å². The number of hydrogen-bond donors (Lipinski definition) is 2. The van der Waals surface area contributed by atoms with Crippen molar-refractivity contribution in [2.75, 3.05) is 10.2 Å². The van der Waals surface area contributed by atoms with E-state index >= 15 is 0 Å². The maximum atomic E-state index is 13.0. The van der Waals surface area contributed by atoms with Crippen molar-refractivity contribution in [3.63, 3.8) is 0 Å². The number of hydrogen-bond acceptors (Lipinski definition) is 3. The van der Waals surface area contributed by atoms with E-state index in [0.717, 1.165) is 23.2 Å². The maximum absolute atomic E-state index is 13.0. The molecule has 0 spiro atoms. The Morgan fingerprint density at radius 3 is 2.66 bits per heavy atom. The smallest absolute Gasteiger partial charge is 0.281 e. The lowest BCUT2D eigenvalue weighted by molar-refractivity contribution is -0.113. The second-order valence-electron chi connectivity index (χ2n) is 7.21. The molecule has 0 atom stereocenters. The average Bonchev–Trinajstić information content (AvgIpc) is 3.07. The summed E-state index contributed by atoms with van der Waals surface area (Å²) in [6.07, 6.45) is 2.58. The first kappa shape index (κ1) is 21.7. The van der Waals surface area contributed by atoms with E-state index in [1.807, 2.05) is 30.3 Å². The van der Waals surface area contributed by atoms with Gasteiger partial charge in [0.15, 0.2) is 5.11 Å². The van der Waals surface area contributed by atoms with Crippen LogP contribution in [0.3, 0.4) is 0 Å². The Morgan fingerprint density at radius 1 is 1.09 bits per heavy atom. The molecule has 0 aromatic heterocycles. The fourth-order valence-electron chi connectivity index (χ4n) is 3.40. The monoisotopic (exact) mass is 461 g/mol. The van der Waals surface area contributed by atoms with Crippen LogP contribution in [0.1, 0.15) is 28.4 Å². The van der Waals surface area contributed by atoms with Crippen molar-refractivity contribution in [3.8, 4) is 0 Å². The third kappa shape index (κ3) is 4.56. The van der Waals surface area contributed by atoms with Crippen LogP contribution in [-0.2, 0) is 11.2 Å². The summed E-state index contributed by atoms with van der Waals surface area (Å²) in [6.45, 7) is 2.06. The van der Waals surface area contributed by atoms with Gasteiger partial charge in [-0.15, -0.1) is 0 Å². The van der Waals surface area contributed by atoms with Crippen molar-refractivity contribution in [2.45, 2.75) is 13.3 Å². The largest absolute Gasteiger partial charge is 0.327 e. The topological polar surface area (TPSA) is 61.4 Å². The van der Waals surface area contributed by atoms with Crippen molar-refractivity contribution >= 4 is 58.2 Å². The third-order valence-corrected chi connectivity index (χ3v) is 5.64. The van der Waals surface area contributed by atoms with Gasteiger partial charge in [0, 0.05) is 5.69 Å². The molecule has 1 aliphatic heterocycles. The molecular weight excluding hydrogens is 442 g/mol. The molecule has 0 bridgehead atoms. The number of amides is 2. The molecule has 32 heavy (non-hydrogen) atoms. The first-order chi connectivity index (χ1) is 15.5. The molecule has 0 unspecified atom stereocenters. The molecule has 0 saturated carbocycles. The average molecular weight is 462 g/mol. The molecule has 160 valence electrons. The van der Waals surface area contributed by atoms with Gasteiger partial charge in [-0.2, -0.15) is 0 Å². The molecule has 1 fully saturated rings. The number of carbonyl (C=O) groups is 2. The minimum absolute atomic E-state index is 0.228. The molecule has 3 aromatic rings. The number of benzene rings is 3. The van der Waals surface area contributed by atoms with Gasteiger partial charge in [-0.05, 0) is 72.2 Å². The van der Waals surface area contributed by atoms with Gasteiger partial charge in [0.25, 0.3) is 11.8 Å². The first-order valence-electron chi connectivity index (χ1n) is 10.1. The molecule has 0 aliphatic carbocycles. The molecule has 1 saturated heterocycles. The Morgan fingerprint density at radius 2 is 1.88 bits per heavy atom. The Hall–Kier alpha value is -3.48. The second-order valence-corrected chi connectivity index (χ2v) is 8.01. The number of aryl methyl sites for hydroxylation is 1. The SMILES string of the molecule is CCc1cccc(N2C(=O)/C(=C\c3cccc(NC(=O)c4ccccc4Cl)c3)NC2=S)c1. The zero-order valence-corrected chi connectivity index (χ0v) is 18.8. The van der Waals surface area contributed by atoms with Crippen molar-refractivity contribution < 1.29 is 9.59 Å². The molecule has 1 heterocycles. The van der Waals surface area contributed by atoms with Crippen LogP contribution in [0.25, 0.3) is 6.08 Å². The molecule has 5 nitrogen and oxygen atoms in total. The van der Waals surface area contributed by atoms with E-state index < -0.39 is 0 Å². The van der Waals surface area contributed by atoms with Gasteiger partial charge in [0.2, 0.25) is 0 Å². The number of halogens is 1. The van der Waals surface area contributed by atoms with Gasteiger partial charge in [0.05, 0.1) is 16.3 Å². The summed E-state index contributed by atoms with van der Waals surface area (Å²) in [6, 6.07) is 21.8. The lowest BCUT2D eigenvalue weighted by Crippen LogP contribution is -2.30. The van der Waals surface area contributed by atoms with Crippen LogP contribution in [0.2, 0.25) is 5.02 Å². The normalized spacial score (nSPS) is 14.6. The summed E-state index contributed by atoms with van der Waals surface area (Å²) in [4.78, 5) is 27.1. The predicted octanol–water partition coefficient (Wildman–Crippen LogP) is 5.42. The van der Waals surface area contributed by atoms with Crippen LogP contribution in [0, 0.1) is 0 Å². The van der Waals surface area contributed by atoms with Crippen LogP contribution in [-0.4, -0.2) is 16.9 Å². The Kier molecular flexibility index (Phi) is 6.35. The van der Waals surface area contributed by atoms with Crippen molar-refractivity contribution in [1.82, 2.24) is 5.32 Å². The van der Waals surface area contributed by atoms with E-state index in [1.54, 1.807) is 48.5 Å².